The van der Waals surface area contributed by atoms with Gasteiger partial charge in [-0.1, -0.05) is 31.5 Å². The van der Waals surface area contributed by atoms with Gasteiger partial charge in [-0.2, -0.15) is 0 Å². The molecule has 0 fully saturated rings. The van der Waals surface area contributed by atoms with Crippen molar-refractivity contribution in [2.45, 2.75) is 40.0 Å². The lowest BCUT2D eigenvalue weighted by Crippen LogP contribution is -2.21. The summed E-state index contributed by atoms with van der Waals surface area (Å²) >= 11 is 5.96. The maximum Gasteiger partial charge on any atom is 0.146 e. The molecule has 0 aliphatic rings. The van der Waals surface area contributed by atoms with Crippen LogP contribution in [0.25, 0.3) is 0 Å². The average molecular weight is 294 g/mol. The van der Waals surface area contributed by atoms with Gasteiger partial charge in [0.05, 0.1) is 6.54 Å². The molecule has 4 heteroatoms. The Bertz CT molecular complexity index is 563. The smallest absolute Gasteiger partial charge is 0.146 e. The molecule has 0 spiro atoms. The van der Waals surface area contributed by atoms with Crippen LogP contribution in [0.1, 0.15) is 30.9 Å². The third kappa shape index (κ3) is 4.29. The van der Waals surface area contributed by atoms with Crippen molar-refractivity contribution in [3.05, 3.63) is 52.4 Å². The summed E-state index contributed by atoms with van der Waals surface area (Å²) in [6, 6.07) is 9.97. The second-order valence-electron chi connectivity index (χ2n) is 5.10. The fraction of sp³-hybridized carbons (Fsp3) is 0.375. The van der Waals surface area contributed by atoms with Crippen molar-refractivity contribution in [1.29, 1.82) is 0 Å². The van der Waals surface area contributed by atoms with Crippen molar-refractivity contribution < 1.29 is 9.15 Å². The molecule has 0 aliphatic carbocycles. The Morgan fingerprint density at radius 2 is 1.95 bits per heavy atom. The molecule has 0 radical (unpaired) electrons. The molecule has 0 saturated heterocycles. The highest BCUT2D eigenvalue weighted by Crippen LogP contribution is 2.23. The van der Waals surface area contributed by atoms with E-state index >= 15 is 0 Å². The molecule has 1 heterocycles. The highest BCUT2D eigenvalue weighted by Gasteiger charge is 2.06. The number of hydrogen-bond donors (Lipinski definition) is 1. The first-order chi connectivity index (χ1) is 9.54. The van der Waals surface area contributed by atoms with Crippen molar-refractivity contribution in [2.24, 2.45) is 0 Å². The Kier molecular flexibility index (Phi) is 5.10. The van der Waals surface area contributed by atoms with E-state index in [1.807, 2.05) is 37.3 Å². The van der Waals surface area contributed by atoms with Gasteiger partial charge in [-0.05, 0) is 36.8 Å². The summed E-state index contributed by atoms with van der Waals surface area (Å²) in [6.45, 7) is 7.34. The van der Waals surface area contributed by atoms with E-state index in [-0.39, 0.29) is 0 Å². The van der Waals surface area contributed by atoms with Crippen molar-refractivity contribution in [2.75, 3.05) is 0 Å². The average Bonchev–Trinajstić information content (AvgIpc) is 2.85. The van der Waals surface area contributed by atoms with Gasteiger partial charge in [0.15, 0.2) is 0 Å². The fourth-order valence-electron chi connectivity index (χ4n) is 1.78. The standard InChI is InChI=1S/C16H20ClNO2/c1-11(2)18-9-14-6-7-15(20-14)10-19-16-8-13(17)5-4-12(16)3/h4-8,11,18H,9-10H2,1-3H3. The van der Waals surface area contributed by atoms with Gasteiger partial charge < -0.3 is 14.5 Å². The minimum absolute atomic E-state index is 0.406. The first-order valence-corrected chi connectivity index (χ1v) is 7.12. The van der Waals surface area contributed by atoms with Crippen molar-refractivity contribution in [3.8, 4) is 5.75 Å². The first kappa shape index (κ1) is 14.9. The zero-order chi connectivity index (χ0) is 14.5. The molecule has 2 aromatic rings. The van der Waals surface area contributed by atoms with Crippen molar-refractivity contribution >= 4 is 11.6 Å². The molecule has 1 N–H and O–H groups in total. The van der Waals surface area contributed by atoms with Gasteiger partial charge in [0.25, 0.3) is 0 Å². The predicted octanol–water partition coefficient (Wildman–Crippen LogP) is 4.32. The topological polar surface area (TPSA) is 34.4 Å². The predicted molar refractivity (Wildman–Crippen MR) is 81.2 cm³/mol. The summed E-state index contributed by atoms with van der Waals surface area (Å²) in [6.07, 6.45) is 0. The van der Waals surface area contributed by atoms with Crippen LogP contribution in [-0.2, 0) is 13.2 Å². The van der Waals surface area contributed by atoms with Gasteiger partial charge >= 0.3 is 0 Å². The van der Waals surface area contributed by atoms with Gasteiger partial charge in [-0.3, -0.25) is 0 Å². The molecular weight excluding hydrogens is 274 g/mol. The fourth-order valence-corrected chi connectivity index (χ4v) is 1.94. The Labute approximate surface area is 124 Å². The molecule has 0 bridgehead atoms. The lowest BCUT2D eigenvalue weighted by molar-refractivity contribution is 0.263. The number of rotatable bonds is 6. The number of ether oxygens (including phenoxy) is 1. The Balaban J connectivity index is 1.92. The zero-order valence-corrected chi connectivity index (χ0v) is 12.8. The third-order valence-corrected chi connectivity index (χ3v) is 3.16. The first-order valence-electron chi connectivity index (χ1n) is 6.74. The van der Waals surface area contributed by atoms with Crippen LogP contribution in [0.5, 0.6) is 5.75 Å². The van der Waals surface area contributed by atoms with E-state index in [0.29, 0.717) is 17.7 Å². The number of benzene rings is 1. The molecule has 0 amide bonds. The van der Waals surface area contributed by atoms with Gasteiger partial charge in [0.1, 0.15) is 23.9 Å². The van der Waals surface area contributed by atoms with E-state index in [9.17, 15) is 0 Å². The molecule has 0 unspecified atom stereocenters. The van der Waals surface area contributed by atoms with Crippen LogP contribution in [0, 0.1) is 6.92 Å². The van der Waals surface area contributed by atoms with Crippen molar-refractivity contribution in [3.63, 3.8) is 0 Å². The summed E-state index contributed by atoms with van der Waals surface area (Å²) in [5.74, 6) is 2.51. The summed E-state index contributed by atoms with van der Waals surface area (Å²) in [4.78, 5) is 0. The van der Waals surface area contributed by atoms with E-state index in [1.165, 1.54) is 0 Å². The minimum Gasteiger partial charge on any atom is -0.485 e. The number of aryl methyl sites for hydroxylation is 1. The van der Waals surface area contributed by atoms with Crippen LogP contribution < -0.4 is 10.1 Å². The van der Waals surface area contributed by atoms with Crippen LogP contribution in [0.2, 0.25) is 5.02 Å². The molecule has 0 atom stereocenters. The summed E-state index contributed by atoms with van der Waals surface area (Å²) in [5, 5.41) is 3.99. The molecule has 108 valence electrons. The number of furan rings is 1. The van der Waals surface area contributed by atoms with Crippen LogP contribution in [-0.4, -0.2) is 6.04 Å². The number of hydrogen-bond acceptors (Lipinski definition) is 3. The summed E-state index contributed by atoms with van der Waals surface area (Å²) in [5.41, 5.74) is 1.06. The molecule has 0 aliphatic heterocycles. The third-order valence-electron chi connectivity index (χ3n) is 2.92. The second-order valence-corrected chi connectivity index (χ2v) is 5.54. The molecule has 0 saturated carbocycles. The van der Waals surface area contributed by atoms with Crippen molar-refractivity contribution in [1.82, 2.24) is 5.32 Å². The highest BCUT2D eigenvalue weighted by atomic mass is 35.5. The van der Waals surface area contributed by atoms with Crippen LogP contribution >= 0.6 is 11.6 Å². The van der Waals surface area contributed by atoms with E-state index < -0.39 is 0 Å². The SMILES string of the molecule is Cc1ccc(Cl)cc1OCc1ccc(CNC(C)C)o1. The maximum atomic E-state index is 5.96. The van der Waals surface area contributed by atoms with Crippen LogP contribution in [0.4, 0.5) is 0 Å². The molecular formula is C16H20ClNO2. The number of nitrogens with one attached hydrogen (secondary N) is 1. The lowest BCUT2D eigenvalue weighted by atomic mass is 10.2. The lowest BCUT2D eigenvalue weighted by Gasteiger charge is -2.08. The summed E-state index contributed by atoms with van der Waals surface area (Å²) in [7, 11) is 0. The second kappa shape index (κ2) is 6.82. The highest BCUT2D eigenvalue weighted by molar-refractivity contribution is 6.30. The molecule has 2 rings (SSSR count). The van der Waals surface area contributed by atoms with Gasteiger partial charge in [0, 0.05) is 11.1 Å². The number of halogens is 1. The van der Waals surface area contributed by atoms with E-state index in [1.54, 1.807) is 0 Å². The Morgan fingerprint density at radius 3 is 2.70 bits per heavy atom. The van der Waals surface area contributed by atoms with E-state index in [4.69, 9.17) is 20.8 Å². The Hall–Kier alpha value is -1.45. The molecule has 1 aromatic heterocycles. The summed E-state index contributed by atoms with van der Waals surface area (Å²) < 4.78 is 11.4. The molecule has 20 heavy (non-hydrogen) atoms. The van der Waals surface area contributed by atoms with Crippen LogP contribution in [0.3, 0.4) is 0 Å². The van der Waals surface area contributed by atoms with E-state index in [0.717, 1.165) is 29.4 Å². The zero-order valence-electron chi connectivity index (χ0n) is 12.1. The maximum absolute atomic E-state index is 5.96. The monoisotopic (exact) mass is 293 g/mol. The molecule has 3 nitrogen and oxygen atoms in total. The largest absolute Gasteiger partial charge is 0.485 e. The van der Waals surface area contributed by atoms with Gasteiger partial charge in [-0.25, -0.2) is 0 Å². The molecule has 1 aromatic carbocycles. The Morgan fingerprint density at radius 1 is 1.20 bits per heavy atom. The quantitative estimate of drug-likeness (QED) is 0.861. The van der Waals surface area contributed by atoms with Gasteiger partial charge in [-0.15, -0.1) is 0 Å². The van der Waals surface area contributed by atoms with Crippen LogP contribution in [0.15, 0.2) is 34.7 Å². The minimum atomic E-state index is 0.406. The van der Waals surface area contributed by atoms with E-state index in [2.05, 4.69) is 19.2 Å². The normalized spacial score (nSPS) is 11.1. The van der Waals surface area contributed by atoms with Gasteiger partial charge in [0.2, 0.25) is 0 Å².